The molecule has 2 aromatic carbocycles. The zero-order valence-corrected chi connectivity index (χ0v) is 20.8. The fourth-order valence-electron chi connectivity index (χ4n) is 2.56. The van der Waals surface area contributed by atoms with Gasteiger partial charge in [0.2, 0.25) is 20.0 Å². The third-order valence-corrected chi connectivity index (χ3v) is 8.02. The largest absolute Gasteiger partial charge is 0.240 e. The maximum absolute atomic E-state index is 12.2. The number of hydrogen-bond donors (Lipinski definition) is 2. The van der Waals surface area contributed by atoms with Crippen LogP contribution in [-0.4, -0.2) is 34.8 Å². The highest BCUT2D eigenvalue weighted by Crippen LogP contribution is 2.11. The molecule has 0 amide bonds. The summed E-state index contributed by atoms with van der Waals surface area (Å²) < 4.78 is 54.0. The van der Waals surface area contributed by atoms with E-state index < -0.39 is 20.0 Å². The number of alkyl halides is 1. The van der Waals surface area contributed by atoms with Gasteiger partial charge in [0, 0.05) is 19.5 Å². The van der Waals surface area contributed by atoms with Crippen molar-refractivity contribution in [3.05, 3.63) is 59.7 Å². The van der Waals surface area contributed by atoms with Crippen molar-refractivity contribution < 1.29 is 16.8 Å². The number of unbranched alkanes of at least 4 members (excludes halogenated alkanes) is 1. The molecule has 1 unspecified atom stereocenters. The number of halogens is 1. The van der Waals surface area contributed by atoms with Gasteiger partial charge in [-0.15, -0.1) is 5.92 Å². The Hall–Kier alpha value is -1.70. The van der Waals surface area contributed by atoms with Crippen LogP contribution in [0.25, 0.3) is 0 Å². The minimum absolute atomic E-state index is 0.155. The zero-order valence-electron chi connectivity index (χ0n) is 17.6. The van der Waals surface area contributed by atoms with Crippen LogP contribution in [0.4, 0.5) is 0 Å². The van der Waals surface area contributed by atoms with Gasteiger partial charge in [0.1, 0.15) is 0 Å². The van der Waals surface area contributed by atoms with E-state index in [9.17, 15) is 16.8 Å². The van der Waals surface area contributed by atoms with Gasteiger partial charge in [-0.2, -0.15) is 0 Å². The Kier molecular flexibility index (Phi) is 9.72. The van der Waals surface area contributed by atoms with E-state index in [2.05, 4.69) is 37.2 Å². The molecule has 0 heterocycles. The number of nitrogens with one attached hydrogen (secondary N) is 2. The molecule has 0 saturated heterocycles. The fraction of sp³-hybridized carbons (Fsp3) is 0.364. The van der Waals surface area contributed by atoms with Crippen molar-refractivity contribution in [2.24, 2.45) is 0 Å². The van der Waals surface area contributed by atoms with E-state index in [0.29, 0.717) is 25.8 Å². The molecule has 1 atom stereocenters. The molecule has 0 fully saturated rings. The van der Waals surface area contributed by atoms with Gasteiger partial charge in [0.25, 0.3) is 0 Å². The lowest BCUT2D eigenvalue weighted by atomic mass is 10.2. The lowest BCUT2D eigenvalue weighted by Crippen LogP contribution is -2.26. The van der Waals surface area contributed by atoms with Crippen molar-refractivity contribution in [3.63, 3.8) is 0 Å². The normalized spacial score (nSPS) is 12.7. The second kappa shape index (κ2) is 11.8. The van der Waals surface area contributed by atoms with E-state index in [1.807, 2.05) is 13.8 Å². The third-order valence-electron chi connectivity index (χ3n) is 4.38. The number of aryl methyl sites for hydroxylation is 2. The number of hydrogen-bond acceptors (Lipinski definition) is 4. The van der Waals surface area contributed by atoms with E-state index in [1.54, 1.807) is 48.5 Å². The molecule has 0 bridgehead atoms. The quantitative estimate of drug-likeness (QED) is 0.281. The van der Waals surface area contributed by atoms with Crippen LogP contribution in [0.1, 0.15) is 30.4 Å². The first kappa shape index (κ1) is 25.6. The van der Waals surface area contributed by atoms with Crippen LogP contribution in [0.5, 0.6) is 0 Å². The maximum Gasteiger partial charge on any atom is 0.240 e. The van der Waals surface area contributed by atoms with Gasteiger partial charge >= 0.3 is 0 Å². The van der Waals surface area contributed by atoms with E-state index in [0.717, 1.165) is 11.1 Å². The predicted octanol–water partition coefficient (Wildman–Crippen LogP) is 3.50. The second-order valence-corrected chi connectivity index (χ2v) is 11.7. The fourth-order valence-corrected chi connectivity index (χ4v) is 5.07. The summed E-state index contributed by atoms with van der Waals surface area (Å²) in [6.07, 6.45) is 1.63. The Morgan fingerprint density at radius 3 is 1.74 bits per heavy atom. The monoisotopic (exact) mass is 526 g/mol. The minimum Gasteiger partial charge on any atom is -0.211 e. The molecule has 0 aliphatic heterocycles. The topological polar surface area (TPSA) is 92.3 Å². The van der Waals surface area contributed by atoms with Crippen LogP contribution >= 0.6 is 15.9 Å². The van der Waals surface area contributed by atoms with Gasteiger partial charge in [-0.3, -0.25) is 0 Å². The first-order valence-electron chi connectivity index (χ1n) is 9.85. The highest BCUT2D eigenvalue weighted by atomic mass is 79.9. The predicted molar refractivity (Wildman–Crippen MR) is 127 cm³/mol. The number of rotatable bonds is 10. The van der Waals surface area contributed by atoms with Gasteiger partial charge in [-0.1, -0.05) is 57.2 Å². The summed E-state index contributed by atoms with van der Waals surface area (Å²) in [5, 5.41) is 0. The molecule has 0 aliphatic carbocycles. The Balaban J connectivity index is 1.68. The summed E-state index contributed by atoms with van der Waals surface area (Å²) in [6.45, 7) is 4.36. The minimum atomic E-state index is -3.53. The molecule has 0 radical (unpaired) electrons. The van der Waals surface area contributed by atoms with Crippen LogP contribution in [-0.2, 0) is 20.0 Å². The van der Waals surface area contributed by atoms with Gasteiger partial charge in [0.05, 0.1) is 14.6 Å². The highest BCUT2D eigenvalue weighted by molar-refractivity contribution is 9.09. The zero-order chi connectivity index (χ0) is 22.9. The molecule has 2 N–H and O–H groups in total. The molecule has 2 aromatic rings. The molecule has 2 rings (SSSR count). The molecular weight excluding hydrogens is 500 g/mol. The molecule has 9 heteroatoms. The SMILES string of the molecule is Cc1ccc(S(=O)(=O)NCCCC#CC(Br)CCNS(=O)(=O)c2ccc(C)cc2)cc1. The summed E-state index contributed by atoms with van der Waals surface area (Å²) in [7, 11) is -7.03. The number of sulfonamides is 2. The van der Waals surface area contributed by atoms with E-state index in [1.165, 1.54) is 0 Å². The average Bonchev–Trinajstić information content (AvgIpc) is 2.71. The molecular formula is C22H27BrN2O4S2. The van der Waals surface area contributed by atoms with Crippen LogP contribution in [0.15, 0.2) is 58.3 Å². The first-order chi connectivity index (χ1) is 14.6. The van der Waals surface area contributed by atoms with Gasteiger partial charge in [0.15, 0.2) is 0 Å². The van der Waals surface area contributed by atoms with Crippen molar-refractivity contribution in [3.8, 4) is 11.8 Å². The lowest BCUT2D eigenvalue weighted by Gasteiger charge is -2.08. The lowest BCUT2D eigenvalue weighted by molar-refractivity contribution is 0.578. The Labute approximate surface area is 194 Å². The van der Waals surface area contributed by atoms with Gasteiger partial charge < -0.3 is 0 Å². The van der Waals surface area contributed by atoms with Gasteiger partial charge in [-0.05, 0) is 51.0 Å². The summed E-state index contributed by atoms with van der Waals surface area (Å²) in [5.74, 6) is 6.00. The van der Waals surface area contributed by atoms with Crippen molar-refractivity contribution in [2.75, 3.05) is 13.1 Å². The number of benzene rings is 2. The van der Waals surface area contributed by atoms with E-state index in [-0.39, 0.29) is 21.2 Å². The molecule has 0 spiro atoms. The summed E-state index contributed by atoms with van der Waals surface area (Å²) in [6, 6.07) is 13.4. The van der Waals surface area contributed by atoms with Gasteiger partial charge in [-0.25, -0.2) is 26.3 Å². The molecule has 0 aliphatic rings. The van der Waals surface area contributed by atoms with Crippen molar-refractivity contribution >= 4 is 36.0 Å². The first-order valence-corrected chi connectivity index (χ1v) is 13.7. The van der Waals surface area contributed by atoms with E-state index >= 15 is 0 Å². The standard InChI is InChI=1S/C22H27BrN2O4S2/c1-18-7-11-21(12-8-18)30(26,27)24-16-5-3-4-6-20(23)15-17-25-31(28,29)22-13-9-19(2)10-14-22/h7-14,20,24-25H,3,5,15-17H2,1-2H3. The van der Waals surface area contributed by atoms with Crippen molar-refractivity contribution in [2.45, 2.75) is 47.7 Å². The van der Waals surface area contributed by atoms with Crippen molar-refractivity contribution in [1.82, 2.24) is 9.44 Å². The smallest absolute Gasteiger partial charge is 0.211 e. The molecule has 0 saturated carbocycles. The molecule has 31 heavy (non-hydrogen) atoms. The Bertz CT molecular complexity index is 1120. The molecule has 168 valence electrons. The summed E-state index contributed by atoms with van der Waals surface area (Å²) in [5.41, 5.74) is 2.00. The third kappa shape index (κ3) is 8.75. The average molecular weight is 528 g/mol. The van der Waals surface area contributed by atoms with E-state index in [4.69, 9.17) is 0 Å². The van der Waals surface area contributed by atoms with Crippen LogP contribution in [0.3, 0.4) is 0 Å². The summed E-state index contributed by atoms with van der Waals surface area (Å²) in [4.78, 5) is 0.332. The Morgan fingerprint density at radius 1 is 0.806 bits per heavy atom. The second-order valence-electron chi connectivity index (χ2n) is 7.10. The Morgan fingerprint density at radius 2 is 1.26 bits per heavy atom. The van der Waals surface area contributed by atoms with Crippen LogP contribution in [0.2, 0.25) is 0 Å². The van der Waals surface area contributed by atoms with Crippen LogP contribution in [0, 0.1) is 25.7 Å². The molecule has 0 aromatic heterocycles. The van der Waals surface area contributed by atoms with Crippen molar-refractivity contribution in [1.29, 1.82) is 0 Å². The molecule has 6 nitrogen and oxygen atoms in total. The van der Waals surface area contributed by atoms with Crippen LogP contribution < -0.4 is 9.44 Å². The summed E-state index contributed by atoms with van der Waals surface area (Å²) >= 11 is 3.43. The maximum atomic E-state index is 12.2. The highest BCUT2D eigenvalue weighted by Gasteiger charge is 2.14.